The van der Waals surface area contributed by atoms with Crippen molar-refractivity contribution in [3.8, 4) is 0 Å². The molecular weight excluding hydrogens is 154 g/mol. The van der Waals surface area contributed by atoms with Gasteiger partial charge in [0.1, 0.15) is 0 Å². The largest absolute Gasteiger partial charge is 0.318 e. The Kier molecular flexibility index (Phi) is 2.19. The molecule has 0 atom stereocenters. The highest BCUT2D eigenvalue weighted by Crippen LogP contribution is 1.97. The van der Waals surface area contributed by atoms with E-state index in [-0.39, 0.29) is 5.91 Å². The summed E-state index contributed by atoms with van der Waals surface area (Å²) in [7, 11) is 0. The molecule has 4 heteroatoms. The molecule has 0 spiro atoms. The first-order valence-corrected chi connectivity index (χ1v) is 3.73. The number of nitrogens with zero attached hydrogens (tertiary/aromatic N) is 1. The fourth-order valence-electron chi connectivity index (χ4n) is 0.670. The fourth-order valence-corrected chi connectivity index (χ4v) is 0.670. The Bertz CT molecular complexity index is 258. The van der Waals surface area contributed by atoms with Crippen molar-refractivity contribution < 1.29 is 4.79 Å². The Morgan fingerprint density at radius 3 is 2.33 bits per heavy atom. The number of carbonyl (C=O) groups is 1. The van der Waals surface area contributed by atoms with E-state index in [1.807, 2.05) is 12.1 Å². The summed E-state index contributed by atoms with van der Waals surface area (Å²) in [6, 6.07) is 3.65. The second-order valence-electron chi connectivity index (χ2n) is 3.25. The molecule has 1 aromatic heterocycles. The molecular formula is C8H13N3O. The van der Waals surface area contributed by atoms with Gasteiger partial charge in [0.25, 0.3) is 5.91 Å². The minimum Gasteiger partial charge on any atom is -0.318 e. The first-order valence-electron chi connectivity index (χ1n) is 3.73. The van der Waals surface area contributed by atoms with Crippen LogP contribution in [0.3, 0.4) is 0 Å². The lowest BCUT2D eigenvalue weighted by molar-refractivity contribution is -0.121. The predicted molar refractivity (Wildman–Crippen MR) is 47.1 cm³/mol. The molecule has 1 heterocycles. The Balaban J connectivity index is 2.60. The molecule has 0 radical (unpaired) electrons. The Hall–Kier alpha value is -1.29. The van der Waals surface area contributed by atoms with Crippen LogP contribution < -0.4 is 11.2 Å². The van der Waals surface area contributed by atoms with Crippen LogP contribution in [0.25, 0.3) is 0 Å². The topological polar surface area (TPSA) is 60.1 Å². The quantitative estimate of drug-likeness (QED) is 0.665. The van der Waals surface area contributed by atoms with Crippen molar-refractivity contribution in [2.45, 2.75) is 19.4 Å². The average Bonchev–Trinajstić information content (AvgIpc) is 2.37. The molecule has 0 saturated heterocycles. The van der Waals surface area contributed by atoms with Crippen LogP contribution in [0.4, 0.5) is 0 Å². The number of rotatable bonds is 2. The summed E-state index contributed by atoms with van der Waals surface area (Å²) in [5, 5.41) is 0. The number of hydrogen-bond acceptors (Lipinski definition) is 2. The lowest BCUT2D eigenvalue weighted by atomic mass is 10.1. The van der Waals surface area contributed by atoms with Gasteiger partial charge in [-0.3, -0.25) is 14.9 Å². The van der Waals surface area contributed by atoms with Gasteiger partial charge < -0.3 is 5.73 Å². The van der Waals surface area contributed by atoms with Crippen LogP contribution in [0.1, 0.15) is 13.8 Å². The number of nitrogens with two attached hydrogens (primary N) is 1. The lowest BCUT2D eigenvalue weighted by Gasteiger charge is -2.17. The number of hydrogen-bond donors (Lipinski definition) is 2. The van der Waals surface area contributed by atoms with E-state index in [0.29, 0.717) is 0 Å². The Morgan fingerprint density at radius 1 is 1.42 bits per heavy atom. The van der Waals surface area contributed by atoms with Crippen LogP contribution in [0, 0.1) is 0 Å². The van der Waals surface area contributed by atoms with Crippen molar-refractivity contribution in [3.05, 3.63) is 24.5 Å². The van der Waals surface area contributed by atoms with E-state index in [1.165, 1.54) is 0 Å². The molecule has 0 saturated carbocycles. The molecule has 1 rings (SSSR count). The molecule has 66 valence electrons. The van der Waals surface area contributed by atoms with Gasteiger partial charge in [0, 0.05) is 12.4 Å². The molecule has 1 aromatic rings. The number of carbonyl (C=O) groups excluding carboxylic acids is 1. The van der Waals surface area contributed by atoms with Crippen molar-refractivity contribution in [3.63, 3.8) is 0 Å². The minimum absolute atomic E-state index is 0.210. The van der Waals surface area contributed by atoms with Gasteiger partial charge in [-0.25, -0.2) is 0 Å². The van der Waals surface area contributed by atoms with Crippen molar-refractivity contribution >= 4 is 5.91 Å². The number of nitrogens with one attached hydrogen (secondary N) is 1. The third-order valence-electron chi connectivity index (χ3n) is 1.42. The van der Waals surface area contributed by atoms with Crippen molar-refractivity contribution in [1.82, 2.24) is 4.68 Å². The Morgan fingerprint density at radius 2 is 1.92 bits per heavy atom. The molecule has 3 N–H and O–H groups in total. The standard InChI is InChI=1S/C8H13N3O/c1-8(2,9)7(12)10-11-5-3-4-6-11/h3-6H,9H2,1-2H3,(H,10,12). The zero-order valence-corrected chi connectivity index (χ0v) is 7.24. The van der Waals surface area contributed by atoms with E-state index < -0.39 is 5.54 Å². The van der Waals surface area contributed by atoms with Crippen LogP contribution in [0.5, 0.6) is 0 Å². The summed E-state index contributed by atoms with van der Waals surface area (Å²) in [6.45, 7) is 3.32. The van der Waals surface area contributed by atoms with Gasteiger partial charge in [-0.1, -0.05) is 0 Å². The summed E-state index contributed by atoms with van der Waals surface area (Å²) < 4.78 is 1.57. The molecule has 12 heavy (non-hydrogen) atoms. The van der Waals surface area contributed by atoms with Crippen LogP contribution in [-0.2, 0) is 4.79 Å². The summed E-state index contributed by atoms with van der Waals surface area (Å²) in [5.41, 5.74) is 7.34. The maximum absolute atomic E-state index is 11.3. The molecule has 0 unspecified atom stereocenters. The molecule has 0 aliphatic rings. The van der Waals surface area contributed by atoms with Gasteiger partial charge in [-0.2, -0.15) is 0 Å². The maximum Gasteiger partial charge on any atom is 0.258 e. The van der Waals surface area contributed by atoms with E-state index in [1.54, 1.807) is 30.9 Å². The first-order chi connectivity index (χ1) is 5.50. The van der Waals surface area contributed by atoms with Crippen LogP contribution in [0.2, 0.25) is 0 Å². The smallest absolute Gasteiger partial charge is 0.258 e. The molecule has 0 fully saturated rings. The lowest BCUT2D eigenvalue weighted by Crippen LogP contribution is -2.47. The highest BCUT2D eigenvalue weighted by molar-refractivity contribution is 5.91. The van der Waals surface area contributed by atoms with Crippen molar-refractivity contribution in [2.75, 3.05) is 5.43 Å². The zero-order valence-electron chi connectivity index (χ0n) is 7.24. The molecule has 4 nitrogen and oxygen atoms in total. The summed E-state index contributed by atoms with van der Waals surface area (Å²) in [6.07, 6.45) is 3.48. The van der Waals surface area contributed by atoms with Gasteiger partial charge in [-0.15, -0.1) is 0 Å². The summed E-state index contributed by atoms with van der Waals surface area (Å²) >= 11 is 0. The number of aromatic nitrogens is 1. The SMILES string of the molecule is CC(C)(N)C(=O)Nn1cccc1. The highest BCUT2D eigenvalue weighted by atomic mass is 16.2. The van der Waals surface area contributed by atoms with E-state index in [9.17, 15) is 4.79 Å². The molecule has 0 aliphatic carbocycles. The minimum atomic E-state index is -0.843. The molecule has 0 bridgehead atoms. The highest BCUT2D eigenvalue weighted by Gasteiger charge is 2.21. The maximum atomic E-state index is 11.3. The number of amides is 1. The first kappa shape index (κ1) is 8.80. The van der Waals surface area contributed by atoms with E-state index >= 15 is 0 Å². The van der Waals surface area contributed by atoms with E-state index in [2.05, 4.69) is 5.43 Å². The average molecular weight is 167 g/mol. The molecule has 0 aromatic carbocycles. The van der Waals surface area contributed by atoms with Gasteiger partial charge in [-0.05, 0) is 26.0 Å². The van der Waals surface area contributed by atoms with Crippen molar-refractivity contribution in [1.29, 1.82) is 0 Å². The van der Waals surface area contributed by atoms with Gasteiger partial charge in [0.05, 0.1) is 5.54 Å². The molecule has 0 aliphatic heterocycles. The van der Waals surface area contributed by atoms with Crippen molar-refractivity contribution in [2.24, 2.45) is 5.73 Å². The van der Waals surface area contributed by atoms with Gasteiger partial charge in [0.2, 0.25) is 0 Å². The third kappa shape index (κ3) is 2.10. The van der Waals surface area contributed by atoms with Crippen LogP contribution in [-0.4, -0.2) is 16.1 Å². The zero-order chi connectivity index (χ0) is 9.19. The second kappa shape index (κ2) is 2.98. The summed E-state index contributed by atoms with van der Waals surface area (Å²) in [4.78, 5) is 11.3. The molecule has 1 amide bonds. The monoisotopic (exact) mass is 167 g/mol. The fraction of sp³-hybridized carbons (Fsp3) is 0.375. The normalized spacial score (nSPS) is 11.2. The van der Waals surface area contributed by atoms with Crippen LogP contribution in [0.15, 0.2) is 24.5 Å². The Labute approximate surface area is 71.3 Å². The second-order valence-corrected chi connectivity index (χ2v) is 3.25. The van der Waals surface area contributed by atoms with Gasteiger partial charge >= 0.3 is 0 Å². The van der Waals surface area contributed by atoms with E-state index in [0.717, 1.165) is 0 Å². The van der Waals surface area contributed by atoms with E-state index in [4.69, 9.17) is 5.73 Å². The third-order valence-corrected chi connectivity index (χ3v) is 1.42. The van der Waals surface area contributed by atoms with Gasteiger partial charge in [0.15, 0.2) is 0 Å². The summed E-state index contributed by atoms with van der Waals surface area (Å²) in [5.74, 6) is -0.210. The van der Waals surface area contributed by atoms with Crippen LogP contribution >= 0.6 is 0 Å². The predicted octanol–water partition coefficient (Wildman–Crippen LogP) is 0.295.